The van der Waals surface area contributed by atoms with Crippen molar-refractivity contribution < 1.29 is 4.39 Å². The number of benzene rings is 1. The molecule has 0 aromatic heterocycles. The molecule has 0 aliphatic heterocycles. The lowest BCUT2D eigenvalue weighted by molar-refractivity contribution is 0.467. The summed E-state index contributed by atoms with van der Waals surface area (Å²) in [7, 11) is 0. The van der Waals surface area contributed by atoms with E-state index < -0.39 is 0 Å². The van der Waals surface area contributed by atoms with E-state index in [9.17, 15) is 4.39 Å². The van der Waals surface area contributed by atoms with Crippen molar-refractivity contribution in [3.63, 3.8) is 0 Å². The number of hydrogen-bond acceptors (Lipinski definition) is 1. The molecule has 1 aliphatic rings. The van der Waals surface area contributed by atoms with Gasteiger partial charge in [-0.25, -0.2) is 4.39 Å². The van der Waals surface area contributed by atoms with E-state index >= 15 is 0 Å². The molecule has 0 heterocycles. The second-order valence-electron chi connectivity index (χ2n) is 5.20. The first-order valence-electron chi connectivity index (χ1n) is 6.89. The fourth-order valence-electron chi connectivity index (χ4n) is 2.24. The molecule has 1 aliphatic carbocycles. The Bertz CT molecular complexity index is 390. The van der Waals surface area contributed by atoms with Crippen LogP contribution >= 0.6 is 15.9 Å². The largest absolute Gasteiger partial charge is 0.310 e. The summed E-state index contributed by atoms with van der Waals surface area (Å²) in [6.45, 7) is 3.15. The van der Waals surface area contributed by atoms with Crippen molar-refractivity contribution in [2.45, 2.75) is 45.1 Å². The van der Waals surface area contributed by atoms with E-state index in [1.54, 1.807) is 6.07 Å². The van der Waals surface area contributed by atoms with E-state index in [0.717, 1.165) is 30.9 Å². The van der Waals surface area contributed by atoms with Gasteiger partial charge in [-0.15, -0.1) is 0 Å². The molecule has 18 heavy (non-hydrogen) atoms. The Morgan fingerprint density at radius 2 is 2.22 bits per heavy atom. The third kappa shape index (κ3) is 4.06. The predicted octanol–water partition coefficient (Wildman–Crippen LogP) is 4.82. The molecule has 1 aromatic carbocycles. The standard InChI is InChI=1S/C15H21BrFN/c1-2-9-18-15(8-5-11-3-4-11)12-6-7-13(16)14(17)10-12/h6-7,10-11,15,18H,2-5,8-9H2,1H3. The normalized spacial score (nSPS) is 16.8. The molecule has 1 aromatic rings. The Hall–Kier alpha value is -0.410. The molecule has 0 saturated heterocycles. The zero-order valence-electron chi connectivity index (χ0n) is 10.9. The van der Waals surface area contributed by atoms with Gasteiger partial charge >= 0.3 is 0 Å². The number of nitrogens with one attached hydrogen (secondary N) is 1. The summed E-state index contributed by atoms with van der Waals surface area (Å²) in [5.74, 6) is 0.762. The van der Waals surface area contributed by atoms with Gasteiger partial charge in [-0.3, -0.25) is 0 Å². The van der Waals surface area contributed by atoms with Gasteiger partial charge in [0.25, 0.3) is 0 Å². The van der Waals surface area contributed by atoms with E-state index in [2.05, 4.69) is 28.2 Å². The van der Waals surface area contributed by atoms with Gasteiger partial charge in [-0.2, -0.15) is 0 Å². The van der Waals surface area contributed by atoms with Crippen LogP contribution in [0.15, 0.2) is 22.7 Å². The highest BCUT2D eigenvalue weighted by Gasteiger charge is 2.23. The van der Waals surface area contributed by atoms with Crippen LogP contribution < -0.4 is 5.32 Å². The van der Waals surface area contributed by atoms with E-state index in [1.165, 1.54) is 19.3 Å². The van der Waals surface area contributed by atoms with Gasteiger partial charge < -0.3 is 5.32 Å². The molecule has 1 fully saturated rings. The summed E-state index contributed by atoms with van der Waals surface area (Å²) >= 11 is 3.21. The Kier molecular flexibility index (Phi) is 5.19. The maximum absolute atomic E-state index is 13.6. The SMILES string of the molecule is CCCNC(CCC1CC1)c1ccc(Br)c(F)c1. The van der Waals surface area contributed by atoms with Gasteiger partial charge in [0.05, 0.1) is 4.47 Å². The van der Waals surface area contributed by atoms with Crippen molar-refractivity contribution >= 4 is 15.9 Å². The average molecular weight is 314 g/mol. The van der Waals surface area contributed by atoms with Crippen LogP contribution in [0.25, 0.3) is 0 Å². The highest BCUT2D eigenvalue weighted by molar-refractivity contribution is 9.10. The molecule has 2 rings (SSSR count). The molecule has 1 N–H and O–H groups in total. The van der Waals surface area contributed by atoms with E-state index in [1.807, 2.05) is 12.1 Å². The number of halogens is 2. The van der Waals surface area contributed by atoms with Gasteiger partial charge in [0.2, 0.25) is 0 Å². The quantitative estimate of drug-likeness (QED) is 0.761. The van der Waals surface area contributed by atoms with Crippen molar-refractivity contribution in [1.82, 2.24) is 5.32 Å². The van der Waals surface area contributed by atoms with Crippen LogP contribution in [-0.2, 0) is 0 Å². The fourth-order valence-corrected chi connectivity index (χ4v) is 2.49. The molecule has 3 heteroatoms. The summed E-state index contributed by atoms with van der Waals surface area (Å²) in [4.78, 5) is 0. The summed E-state index contributed by atoms with van der Waals surface area (Å²) in [6, 6.07) is 5.79. The summed E-state index contributed by atoms with van der Waals surface area (Å²) in [6.07, 6.45) is 6.26. The van der Waals surface area contributed by atoms with Crippen LogP contribution in [-0.4, -0.2) is 6.54 Å². The van der Waals surface area contributed by atoms with Crippen LogP contribution in [0.1, 0.15) is 50.6 Å². The van der Waals surface area contributed by atoms with Crippen molar-refractivity contribution in [3.05, 3.63) is 34.1 Å². The van der Waals surface area contributed by atoms with Gasteiger partial charge in [-0.05, 0) is 65.4 Å². The average Bonchev–Trinajstić information content (AvgIpc) is 3.17. The van der Waals surface area contributed by atoms with Crippen molar-refractivity contribution in [3.8, 4) is 0 Å². The fraction of sp³-hybridized carbons (Fsp3) is 0.600. The van der Waals surface area contributed by atoms with E-state index in [4.69, 9.17) is 0 Å². The lowest BCUT2D eigenvalue weighted by Crippen LogP contribution is -2.22. The lowest BCUT2D eigenvalue weighted by atomic mass is 10.00. The summed E-state index contributed by atoms with van der Waals surface area (Å²) < 4.78 is 14.1. The Morgan fingerprint density at radius 3 is 2.83 bits per heavy atom. The topological polar surface area (TPSA) is 12.0 Å². The third-order valence-corrected chi connectivity index (χ3v) is 4.19. The molecule has 0 spiro atoms. The summed E-state index contributed by atoms with van der Waals surface area (Å²) in [5, 5.41) is 3.53. The molecule has 0 amide bonds. The summed E-state index contributed by atoms with van der Waals surface area (Å²) in [5.41, 5.74) is 1.07. The van der Waals surface area contributed by atoms with Crippen LogP contribution in [0.4, 0.5) is 4.39 Å². The second-order valence-corrected chi connectivity index (χ2v) is 6.06. The minimum Gasteiger partial charge on any atom is -0.310 e. The zero-order valence-corrected chi connectivity index (χ0v) is 12.5. The molecule has 100 valence electrons. The van der Waals surface area contributed by atoms with Crippen LogP contribution in [0.2, 0.25) is 0 Å². The van der Waals surface area contributed by atoms with Crippen LogP contribution in [0.3, 0.4) is 0 Å². The first-order chi connectivity index (χ1) is 8.70. The maximum atomic E-state index is 13.6. The van der Waals surface area contributed by atoms with Crippen molar-refractivity contribution in [2.75, 3.05) is 6.54 Å². The Labute approximate surface area is 117 Å². The van der Waals surface area contributed by atoms with Crippen molar-refractivity contribution in [1.29, 1.82) is 0 Å². The number of rotatable bonds is 7. The molecule has 1 nitrogen and oxygen atoms in total. The Balaban J connectivity index is 2.01. The minimum absolute atomic E-state index is 0.165. The van der Waals surface area contributed by atoms with Gasteiger partial charge in [0.1, 0.15) is 5.82 Å². The van der Waals surface area contributed by atoms with E-state index in [0.29, 0.717) is 10.5 Å². The first kappa shape index (κ1) is 14.0. The highest BCUT2D eigenvalue weighted by Crippen LogP contribution is 2.36. The monoisotopic (exact) mass is 313 g/mol. The number of hydrogen-bond donors (Lipinski definition) is 1. The molecule has 1 saturated carbocycles. The van der Waals surface area contributed by atoms with Gasteiger partial charge in [0.15, 0.2) is 0 Å². The van der Waals surface area contributed by atoms with Gasteiger partial charge in [-0.1, -0.05) is 25.8 Å². The molecule has 1 atom stereocenters. The highest BCUT2D eigenvalue weighted by atomic mass is 79.9. The molecular formula is C15H21BrFN. The lowest BCUT2D eigenvalue weighted by Gasteiger charge is -2.19. The second kappa shape index (κ2) is 6.67. The van der Waals surface area contributed by atoms with Crippen molar-refractivity contribution in [2.24, 2.45) is 5.92 Å². The van der Waals surface area contributed by atoms with E-state index in [-0.39, 0.29) is 5.82 Å². The van der Waals surface area contributed by atoms with Crippen LogP contribution in [0.5, 0.6) is 0 Å². The molecule has 1 unspecified atom stereocenters. The Morgan fingerprint density at radius 1 is 1.44 bits per heavy atom. The molecule has 0 bridgehead atoms. The maximum Gasteiger partial charge on any atom is 0.137 e. The first-order valence-corrected chi connectivity index (χ1v) is 7.68. The molecular weight excluding hydrogens is 293 g/mol. The zero-order chi connectivity index (χ0) is 13.0. The molecule has 0 radical (unpaired) electrons. The smallest absolute Gasteiger partial charge is 0.137 e. The third-order valence-electron chi connectivity index (χ3n) is 3.55. The van der Waals surface area contributed by atoms with Crippen LogP contribution in [0, 0.1) is 11.7 Å². The van der Waals surface area contributed by atoms with Gasteiger partial charge in [0, 0.05) is 6.04 Å². The minimum atomic E-state index is -0.165. The predicted molar refractivity (Wildman–Crippen MR) is 77.1 cm³/mol.